The van der Waals surface area contributed by atoms with Crippen LogP contribution in [0.25, 0.3) is 0 Å². The third-order valence-corrected chi connectivity index (χ3v) is 5.47. The highest BCUT2D eigenvalue weighted by atomic mass is 32.2. The van der Waals surface area contributed by atoms with Gasteiger partial charge in [-0.15, -0.1) is 10.2 Å². The molecule has 1 aromatic carbocycles. The Labute approximate surface area is 163 Å². The van der Waals surface area contributed by atoms with Crippen molar-refractivity contribution in [1.29, 1.82) is 0 Å². The summed E-state index contributed by atoms with van der Waals surface area (Å²) in [6, 6.07) is 7.84. The molecule has 0 saturated carbocycles. The average Bonchev–Trinajstić information content (AvgIpc) is 3.13. The van der Waals surface area contributed by atoms with E-state index in [1.807, 2.05) is 29.2 Å². The zero-order valence-corrected chi connectivity index (χ0v) is 16.7. The van der Waals surface area contributed by atoms with Crippen LogP contribution in [0.15, 0.2) is 33.9 Å². The van der Waals surface area contributed by atoms with E-state index in [9.17, 15) is 4.79 Å². The maximum atomic E-state index is 12.5. The molecule has 0 bridgehead atoms. The Morgan fingerprint density at radius 1 is 1.19 bits per heavy atom. The lowest BCUT2D eigenvalue weighted by molar-refractivity contribution is -0.134. The second-order valence-corrected chi connectivity index (χ2v) is 7.57. The third kappa shape index (κ3) is 5.15. The Morgan fingerprint density at radius 3 is 2.52 bits per heavy atom. The van der Waals surface area contributed by atoms with Crippen molar-refractivity contribution in [3.63, 3.8) is 0 Å². The normalized spacial score (nSPS) is 19.7. The topological polar surface area (TPSA) is 77.7 Å². The van der Waals surface area contributed by atoms with E-state index in [2.05, 4.69) is 24.0 Å². The third-order valence-electron chi connectivity index (χ3n) is 4.67. The van der Waals surface area contributed by atoms with Gasteiger partial charge < -0.3 is 18.8 Å². The molecule has 27 heavy (non-hydrogen) atoms. The number of carbonyl (C=O) groups excluding carboxylic acids is 1. The van der Waals surface area contributed by atoms with Gasteiger partial charge in [-0.25, -0.2) is 0 Å². The fraction of sp³-hybridized carbons (Fsp3) is 0.526. The van der Waals surface area contributed by atoms with Gasteiger partial charge in [0.2, 0.25) is 5.91 Å². The van der Waals surface area contributed by atoms with Gasteiger partial charge in [0.05, 0.1) is 12.9 Å². The predicted molar refractivity (Wildman–Crippen MR) is 102 cm³/mol. The van der Waals surface area contributed by atoms with E-state index in [1.54, 1.807) is 7.11 Å². The minimum Gasteiger partial charge on any atom is -0.497 e. The zero-order chi connectivity index (χ0) is 19.2. The first-order valence-electron chi connectivity index (χ1n) is 9.10. The van der Waals surface area contributed by atoms with Crippen LogP contribution in [0.1, 0.15) is 39.0 Å². The highest BCUT2D eigenvalue weighted by Gasteiger charge is 2.29. The largest absolute Gasteiger partial charge is 0.497 e. The number of rotatable bonds is 7. The molecular formula is C19H25N3O4S. The van der Waals surface area contributed by atoms with Crippen molar-refractivity contribution >= 4 is 17.7 Å². The van der Waals surface area contributed by atoms with Gasteiger partial charge in [-0.1, -0.05) is 11.8 Å². The lowest BCUT2D eigenvalue weighted by atomic mass is 9.98. The summed E-state index contributed by atoms with van der Waals surface area (Å²) in [5.41, 5.74) is 0. The summed E-state index contributed by atoms with van der Waals surface area (Å²) in [4.78, 5) is 14.5. The van der Waals surface area contributed by atoms with Crippen molar-refractivity contribution in [2.45, 2.75) is 57.0 Å². The molecule has 1 aliphatic heterocycles. The second kappa shape index (κ2) is 9.12. The number of thioether (sulfide) groups is 1. The van der Waals surface area contributed by atoms with Crippen molar-refractivity contribution in [1.82, 2.24) is 15.1 Å². The molecule has 0 unspecified atom stereocenters. The van der Waals surface area contributed by atoms with E-state index in [-0.39, 0.29) is 24.6 Å². The Morgan fingerprint density at radius 2 is 1.85 bits per heavy atom. The molecule has 8 heteroatoms. The van der Waals surface area contributed by atoms with E-state index in [0.717, 1.165) is 18.6 Å². The SMILES string of the molecule is COc1ccc(OCc2nnc(SCC(=O)N3[C@H](C)CCC[C@H]3C)o2)cc1. The van der Waals surface area contributed by atoms with Gasteiger partial charge in [0.15, 0.2) is 6.61 Å². The van der Waals surface area contributed by atoms with E-state index in [0.29, 0.717) is 22.6 Å². The molecule has 1 amide bonds. The monoisotopic (exact) mass is 391 g/mol. The molecule has 2 heterocycles. The predicted octanol–water partition coefficient (Wildman–Crippen LogP) is 3.54. The highest BCUT2D eigenvalue weighted by molar-refractivity contribution is 7.99. The lowest BCUT2D eigenvalue weighted by Crippen LogP contribution is -2.48. The molecule has 1 saturated heterocycles. The molecule has 2 atom stereocenters. The van der Waals surface area contributed by atoms with Gasteiger partial charge in [0.1, 0.15) is 11.5 Å². The summed E-state index contributed by atoms with van der Waals surface area (Å²) < 4.78 is 16.3. The van der Waals surface area contributed by atoms with Crippen LogP contribution in [-0.2, 0) is 11.4 Å². The molecule has 7 nitrogen and oxygen atoms in total. The minimum atomic E-state index is 0.119. The number of amides is 1. The number of ether oxygens (including phenoxy) is 2. The second-order valence-electron chi connectivity index (χ2n) is 6.64. The average molecular weight is 391 g/mol. The number of carbonyl (C=O) groups is 1. The van der Waals surface area contributed by atoms with E-state index in [4.69, 9.17) is 13.9 Å². The van der Waals surface area contributed by atoms with Crippen LogP contribution < -0.4 is 9.47 Å². The molecule has 1 fully saturated rings. The summed E-state index contributed by atoms with van der Waals surface area (Å²) in [5.74, 6) is 2.25. The van der Waals surface area contributed by atoms with E-state index in [1.165, 1.54) is 18.2 Å². The smallest absolute Gasteiger partial charge is 0.277 e. The van der Waals surface area contributed by atoms with E-state index < -0.39 is 0 Å². The molecular weight excluding hydrogens is 366 g/mol. The molecule has 1 aromatic heterocycles. The molecule has 146 valence electrons. The van der Waals surface area contributed by atoms with Gasteiger partial charge in [-0.3, -0.25) is 4.79 Å². The number of likely N-dealkylation sites (tertiary alicyclic amines) is 1. The summed E-state index contributed by atoms with van der Waals surface area (Å²) in [6.07, 6.45) is 3.31. The number of hydrogen-bond acceptors (Lipinski definition) is 7. The van der Waals surface area contributed by atoms with Gasteiger partial charge in [0, 0.05) is 12.1 Å². The van der Waals surface area contributed by atoms with E-state index >= 15 is 0 Å². The van der Waals surface area contributed by atoms with Crippen LogP contribution in [-0.4, -0.2) is 46.0 Å². The lowest BCUT2D eigenvalue weighted by Gasteiger charge is -2.39. The number of nitrogens with zero attached hydrogens (tertiary/aromatic N) is 3. The minimum absolute atomic E-state index is 0.119. The maximum absolute atomic E-state index is 12.5. The Kier molecular flexibility index (Phi) is 6.60. The summed E-state index contributed by atoms with van der Waals surface area (Å²) >= 11 is 1.27. The van der Waals surface area contributed by atoms with Gasteiger partial charge in [0.25, 0.3) is 11.1 Å². The molecule has 0 aliphatic carbocycles. The standard InChI is InChI=1S/C19H25N3O4S/c1-13-5-4-6-14(2)22(13)18(23)12-27-19-21-20-17(26-19)11-25-16-9-7-15(24-3)8-10-16/h7-10,13-14H,4-6,11-12H2,1-3H3/t13-,14-/m1/s1. The molecule has 2 aromatic rings. The zero-order valence-electron chi connectivity index (χ0n) is 15.9. The van der Waals surface area contributed by atoms with Crippen LogP contribution in [0.5, 0.6) is 11.5 Å². The number of aromatic nitrogens is 2. The van der Waals surface area contributed by atoms with Crippen LogP contribution in [0.4, 0.5) is 0 Å². The summed E-state index contributed by atoms with van der Waals surface area (Å²) in [6.45, 7) is 4.40. The Hall–Kier alpha value is -2.22. The fourth-order valence-corrected chi connectivity index (χ4v) is 3.93. The molecule has 1 aliphatic rings. The van der Waals surface area contributed by atoms with Gasteiger partial charge in [-0.2, -0.15) is 0 Å². The quantitative estimate of drug-likeness (QED) is 0.668. The Balaban J connectivity index is 1.48. The number of piperidine rings is 1. The van der Waals surface area contributed by atoms with Crippen LogP contribution in [0, 0.1) is 0 Å². The molecule has 3 rings (SSSR count). The first-order chi connectivity index (χ1) is 13.1. The van der Waals surface area contributed by atoms with Crippen molar-refractivity contribution in [3.8, 4) is 11.5 Å². The molecule has 0 radical (unpaired) electrons. The summed E-state index contributed by atoms with van der Waals surface area (Å²) in [7, 11) is 1.62. The first-order valence-corrected chi connectivity index (χ1v) is 10.1. The number of benzene rings is 1. The molecule has 0 N–H and O–H groups in total. The van der Waals surface area contributed by atoms with Gasteiger partial charge >= 0.3 is 0 Å². The first kappa shape index (κ1) is 19.5. The highest BCUT2D eigenvalue weighted by Crippen LogP contribution is 2.25. The summed E-state index contributed by atoms with van der Waals surface area (Å²) in [5, 5.41) is 8.34. The number of hydrogen-bond donors (Lipinski definition) is 0. The van der Waals surface area contributed by atoms with Crippen LogP contribution in [0.3, 0.4) is 0 Å². The van der Waals surface area contributed by atoms with Gasteiger partial charge in [-0.05, 0) is 57.4 Å². The Bertz CT molecular complexity index is 740. The van der Waals surface area contributed by atoms with Crippen molar-refractivity contribution in [3.05, 3.63) is 30.2 Å². The van der Waals surface area contributed by atoms with Crippen molar-refractivity contribution in [2.75, 3.05) is 12.9 Å². The van der Waals surface area contributed by atoms with Crippen LogP contribution in [0.2, 0.25) is 0 Å². The number of methoxy groups -OCH3 is 1. The fourth-order valence-electron chi connectivity index (χ4n) is 3.28. The molecule has 0 spiro atoms. The maximum Gasteiger partial charge on any atom is 0.277 e. The van der Waals surface area contributed by atoms with Crippen molar-refractivity contribution in [2.24, 2.45) is 0 Å². The van der Waals surface area contributed by atoms with Crippen molar-refractivity contribution < 1.29 is 18.7 Å². The van der Waals surface area contributed by atoms with Crippen LogP contribution >= 0.6 is 11.8 Å².